The van der Waals surface area contributed by atoms with Crippen molar-refractivity contribution in [2.45, 2.75) is 9.65 Å². The van der Waals surface area contributed by atoms with E-state index in [-0.39, 0.29) is 5.75 Å². The minimum absolute atomic E-state index is 0.0242. The van der Waals surface area contributed by atoms with Crippen LogP contribution in [0.15, 0.2) is 27.4 Å². The second-order valence-corrected chi connectivity index (χ2v) is 6.55. The molecule has 3 nitrogen and oxygen atoms in total. The third kappa shape index (κ3) is 1.54. The average Bonchev–Trinajstić information content (AvgIpc) is 2.06. The molecule has 0 bridgehead atoms. The lowest BCUT2D eigenvalue weighted by molar-refractivity contribution is 0.414. The van der Waals surface area contributed by atoms with Gasteiger partial charge >= 0.3 is 5.63 Å². The van der Waals surface area contributed by atoms with Gasteiger partial charge < -0.3 is 9.52 Å². The highest BCUT2D eigenvalue weighted by molar-refractivity contribution is 9.25. The molecule has 1 heterocycles. The lowest BCUT2D eigenvalue weighted by Crippen LogP contribution is -2.16. The number of hydrogen-bond acceptors (Lipinski definition) is 3. The van der Waals surface area contributed by atoms with Crippen LogP contribution in [0.25, 0.3) is 0 Å². The van der Waals surface area contributed by atoms with Gasteiger partial charge in [0.2, 0.25) is 0 Å². The normalized spacial score (nSPS) is 17.9. The molecule has 0 aromatic carbocycles. The predicted octanol–water partition coefficient (Wildman–Crippen LogP) is 2.40. The lowest BCUT2D eigenvalue weighted by Gasteiger charge is -2.21. The molecular formula is C9H6Br2O3. The van der Waals surface area contributed by atoms with E-state index in [1.165, 1.54) is 0 Å². The van der Waals surface area contributed by atoms with Gasteiger partial charge in [-0.2, -0.15) is 0 Å². The first-order valence-corrected chi connectivity index (χ1v) is 5.51. The molecule has 0 atom stereocenters. The van der Waals surface area contributed by atoms with Crippen LogP contribution < -0.4 is 5.63 Å². The van der Waals surface area contributed by atoms with Crippen LogP contribution in [0, 0.1) is 0 Å². The molecule has 1 aliphatic rings. The Balaban J connectivity index is 2.74. The molecule has 0 amide bonds. The molecular weight excluding hydrogens is 316 g/mol. The maximum absolute atomic E-state index is 11.1. The SMILES string of the molecule is O=c1cc(O)c2c(o1)C(Br)(Br)C=CC2. The molecule has 1 N–H and O–H groups in total. The van der Waals surface area contributed by atoms with E-state index in [9.17, 15) is 9.90 Å². The number of hydrogen-bond donors (Lipinski definition) is 1. The van der Waals surface area contributed by atoms with Crippen molar-refractivity contribution in [3.8, 4) is 5.75 Å². The zero-order valence-corrected chi connectivity index (χ0v) is 10.1. The third-order valence-corrected chi connectivity index (χ3v) is 3.24. The number of allylic oxidation sites excluding steroid dienone is 2. The maximum Gasteiger partial charge on any atom is 0.339 e. The van der Waals surface area contributed by atoms with Gasteiger partial charge in [0.25, 0.3) is 0 Å². The number of aromatic hydroxyl groups is 1. The van der Waals surface area contributed by atoms with Crippen molar-refractivity contribution in [2.75, 3.05) is 0 Å². The van der Waals surface area contributed by atoms with Gasteiger partial charge in [-0.05, 0) is 6.42 Å². The number of halogens is 2. The van der Waals surface area contributed by atoms with Crippen molar-refractivity contribution in [3.05, 3.63) is 40.0 Å². The summed E-state index contributed by atoms with van der Waals surface area (Å²) in [5.41, 5.74) is 0.0701. The van der Waals surface area contributed by atoms with Gasteiger partial charge in [0.1, 0.15) is 11.5 Å². The summed E-state index contributed by atoms with van der Waals surface area (Å²) < 4.78 is 4.35. The van der Waals surface area contributed by atoms with E-state index in [1.54, 1.807) is 0 Å². The van der Waals surface area contributed by atoms with Gasteiger partial charge in [-0.15, -0.1) is 0 Å². The Morgan fingerprint density at radius 1 is 1.50 bits per heavy atom. The molecule has 0 radical (unpaired) electrons. The Bertz CT molecular complexity index is 460. The summed E-state index contributed by atoms with van der Waals surface area (Å²) in [6, 6.07) is 1.08. The Morgan fingerprint density at radius 2 is 2.21 bits per heavy atom. The minimum atomic E-state index is -0.689. The van der Waals surface area contributed by atoms with Crippen LogP contribution in [0.1, 0.15) is 11.3 Å². The minimum Gasteiger partial charge on any atom is -0.507 e. The average molecular weight is 322 g/mol. The summed E-state index contributed by atoms with van der Waals surface area (Å²) in [6.07, 6.45) is 4.26. The quantitative estimate of drug-likeness (QED) is 0.589. The van der Waals surface area contributed by atoms with Crippen molar-refractivity contribution in [1.82, 2.24) is 0 Å². The molecule has 1 aromatic rings. The first kappa shape index (κ1) is 9.98. The van der Waals surface area contributed by atoms with Crippen LogP contribution in [0.3, 0.4) is 0 Å². The number of alkyl halides is 2. The molecule has 0 aliphatic heterocycles. The topological polar surface area (TPSA) is 50.4 Å². The van der Waals surface area contributed by atoms with Crippen LogP contribution >= 0.6 is 31.9 Å². The highest BCUT2D eigenvalue weighted by Crippen LogP contribution is 2.45. The van der Waals surface area contributed by atoms with Crippen LogP contribution in [0.5, 0.6) is 5.75 Å². The summed E-state index contributed by atoms with van der Waals surface area (Å²) in [5.74, 6) is 0.383. The Morgan fingerprint density at radius 3 is 2.93 bits per heavy atom. The molecule has 1 aliphatic carbocycles. The van der Waals surface area contributed by atoms with E-state index in [4.69, 9.17) is 4.42 Å². The molecule has 1 aromatic heterocycles. The second-order valence-electron chi connectivity index (χ2n) is 2.99. The van der Waals surface area contributed by atoms with Gasteiger partial charge in [0.05, 0.1) is 6.07 Å². The van der Waals surface area contributed by atoms with E-state index in [2.05, 4.69) is 31.9 Å². The smallest absolute Gasteiger partial charge is 0.339 e. The summed E-state index contributed by atoms with van der Waals surface area (Å²) in [4.78, 5) is 11.1. The molecule has 14 heavy (non-hydrogen) atoms. The first-order valence-electron chi connectivity index (χ1n) is 3.93. The van der Waals surface area contributed by atoms with Gasteiger partial charge in [-0.1, -0.05) is 44.0 Å². The molecule has 5 heteroatoms. The summed E-state index contributed by atoms with van der Waals surface area (Å²) in [6.45, 7) is 0. The standard InChI is InChI=1S/C9H6Br2O3/c10-9(11)3-1-2-5-6(12)4-7(13)14-8(5)9/h1,3-4,12H,2H2. The maximum atomic E-state index is 11.1. The Hall–Kier alpha value is -0.550. The zero-order valence-electron chi connectivity index (χ0n) is 6.96. The molecule has 74 valence electrons. The zero-order chi connectivity index (χ0) is 10.3. The first-order chi connectivity index (χ1) is 6.50. The van der Waals surface area contributed by atoms with Crippen molar-refractivity contribution >= 4 is 31.9 Å². The van der Waals surface area contributed by atoms with Crippen LogP contribution in [-0.4, -0.2) is 5.11 Å². The van der Waals surface area contributed by atoms with E-state index in [0.717, 1.165) is 6.07 Å². The van der Waals surface area contributed by atoms with E-state index >= 15 is 0 Å². The van der Waals surface area contributed by atoms with Crippen molar-refractivity contribution in [2.24, 2.45) is 0 Å². The van der Waals surface area contributed by atoms with Crippen molar-refractivity contribution in [3.63, 3.8) is 0 Å². The molecule has 0 spiro atoms. The number of rotatable bonds is 0. The van der Waals surface area contributed by atoms with Gasteiger partial charge in [0, 0.05) is 5.56 Å². The summed E-state index contributed by atoms with van der Waals surface area (Å²) in [5, 5.41) is 9.53. The Labute approximate surface area is 96.7 Å². The van der Waals surface area contributed by atoms with Gasteiger partial charge in [-0.3, -0.25) is 0 Å². The Kier molecular flexibility index (Phi) is 2.31. The highest BCUT2D eigenvalue weighted by atomic mass is 79.9. The van der Waals surface area contributed by atoms with Crippen LogP contribution in [0.2, 0.25) is 0 Å². The third-order valence-electron chi connectivity index (χ3n) is 1.99. The van der Waals surface area contributed by atoms with Gasteiger partial charge in [-0.25, -0.2) is 4.79 Å². The molecule has 0 saturated heterocycles. The number of fused-ring (bicyclic) bond motifs is 1. The predicted molar refractivity (Wildman–Crippen MR) is 59.0 cm³/mol. The monoisotopic (exact) mass is 320 g/mol. The fourth-order valence-electron chi connectivity index (χ4n) is 1.37. The van der Waals surface area contributed by atoms with E-state index < -0.39 is 8.86 Å². The van der Waals surface area contributed by atoms with Crippen molar-refractivity contribution in [1.29, 1.82) is 0 Å². The summed E-state index contributed by atoms with van der Waals surface area (Å²) in [7, 11) is 0. The van der Waals surface area contributed by atoms with E-state index in [1.807, 2.05) is 12.2 Å². The van der Waals surface area contributed by atoms with Crippen LogP contribution in [-0.2, 0) is 9.65 Å². The summed E-state index contributed by atoms with van der Waals surface area (Å²) >= 11 is 6.69. The van der Waals surface area contributed by atoms with E-state index in [0.29, 0.717) is 17.7 Å². The molecule has 2 rings (SSSR count). The lowest BCUT2D eigenvalue weighted by atomic mass is 10.0. The fourth-order valence-corrected chi connectivity index (χ4v) is 2.39. The molecule has 0 fully saturated rings. The fraction of sp³-hybridized carbons (Fsp3) is 0.222. The van der Waals surface area contributed by atoms with Crippen molar-refractivity contribution < 1.29 is 9.52 Å². The molecule has 0 unspecified atom stereocenters. The van der Waals surface area contributed by atoms with Crippen LogP contribution in [0.4, 0.5) is 0 Å². The second kappa shape index (κ2) is 3.24. The highest BCUT2D eigenvalue weighted by Gasteiger charge is 2.32. The largest absolute Gasteiger partial charge is 0.507 e. The molecule has 0 saturated carbocycles. The van der Waals surface area contributed by atoms with Gasteiger partial charge in [0.15, 0.2) is 3.23 Å².